The summed E-state index contributed by atoms with van der Waals surface area (Å²) in [6.07, 6.45) is 1.80. The summed E-state index contributed by atoms with van der Waals surface area (Å²) in [6, 6.07) is 5.87. The van der Waals surface area contributed by atoms with Crippen molar-refractivity contribution in [2.45, 2.75) is 20.4 Å². The predicted molar refractivity (Wildman–Crippen MR) is 74.9 cm³/mol. The van der Waals surface area contributed by atoms with Gasteiger partial charge < -0.3 is 10.6 Å². The number of aryl methyl sites for hydroxylation is 1. The van der Waals surface area contributed by atoms with Crippen LogP contribution in [-0.2, 0) is 11.3 Å². The van der Waals surface area contributed by atoms with E-state index in [-0.39, 0.29) is 5.91 Å². The Morgan fingerprint density at radius 2 is 2.28 bits per heavy atom. The average molecular weight is 261 g/mol. The Balaban J connectivity index is 2.02. The number of benzene rings is 1. The maximum atomic E-state index is 11.0. The van der Waals surface area contributed by atoms with Gasteiger partial charge in [0.2, 0.25) is 5.91 Å². The van der Waals surface area contributed by atoms with Gasteiger partial charge in [-0.1, -0.05) is 0 Å². The van der Waals surface area contributed by atoms with E-state index in [1.165, 1.54) is 6.92 Å². The lowest BCUT2D eigenvalue weighted by Gasteiger charge is -2.10. The zero-order chi connectivity index (χ0) is 13.0. The Morgan fingerprint density at radius 3 is 2.89 bits per heavy atom. The maximum absolute atomic E-state index is 11.0. The van der Waals surface area contributed by atoms with Crippen molar-refractivity contribution in [3.8, 4) is 0 Å². The molecule has 0 aliphatic heterocycles. The van der Waals surface area contributed by atoms with Crippen LogP contribution in [0.2, 0.25) is 0 Å². The van der Waals surface area contributed by atoms with Gasteiger partial charge in [-0.25, -0.2) is 4.98 Å². The van der Waals surface area contributed by atoms with Crippen LogP contribution >= 0.6 is 11.3 Å². The van der Waals surface area contributed by atoms with Crippen molar-refractivity contribution in [2.24, 2.45) is 0 Å². The molecule has 0 unspecified atom stereocenters. The molecule has 2 N–H and O–H groups in total. The van der Waals surface area contributed by atoms with Gasteiger partial charge in [0.25, 0.3) is 0 Å². The van der Waals surface area contributed by atoms with Gasteiger partial charge in [0.05, 0.1) is 6.54 Å². The molecule has 18 heavy (non-hydrogen) atoms. The van der Waals surface area contributed by atoms with Gasteiger partial charge in [0, 0.05) is 29.9 Å². The predicted octanol–water partition coefficient (Wildman–Crippen LogP) is 3.02. The van der Waals surface area contributed by atoms with Gasteiger partial charge in [-0.3, -0.25) is 4.79 Å². The normalized spacial score (nSPS) is 10.1. The number of rotatable bonds is 4. The van der Waals surface area contributed by atoms with Crippen molar-refractivity contribution >= 4 is 28.6 Å². The van der Waals surface area contributed by atoms with E-state index in [9.17, 15) is 4.79 Å². The summed E-state index contributed by atoms with van der Waals surface area (Å²) in [4.78, 5) is 15.2. The van der Waals surface area contributed by atoms with E-state index in [0.717, 1.165) is 28.5 Å². The highest BCUT2D eigenvalue weighted by atomic mass is 32.1. The van der Waals surface area contributed by atoms with Crippen LogP contribution in [0.15, 0.2) is 29.8 Å². The summed E-state index contributed by atoms with van der Waals surface area (Å²) < 4.78 is 0. The molecule has 0 radical (unpaired) electrons. The van der Waals surface area contributed by atoms with Gasteiger partial charge in [-0.15, -0.1) is 11.3 Å². The molecule has 1 aromatic heterocycles. The molecule has 0 fully saturated rings. The first kappa shape index (κ1) is 12.6. The lowest BCUT2D eigenvalue weighted by atomic mass is 10.1. The second-order valence-corrected chi connectivity index (χ2v) is 4.97. The summed E-state index contributed by atoms with van der Waals surface area (Å²) in [6.45, 7) is 4.20. The highest BCUT2D eigenvalue weighted by Gasteiger charge is 2.02. The van der Waals surface area contributed by atoms with Crippen molar-refractivity contribution < 1.29 is 4.79 Å². The Labute approximate surface area is 110 Å². The number of hydrogen-bond acceptors (Lipinski definition) is 4. The Morgan fingerprint density at radius 1 is 1.44 bits per heavy atom. The summed E-state index contributed by atoms with van der Waals surface area (Å²) in [5.74, 6) is -0.0541. The van der Waals surface area contributed by atoms with Crippen molar-refractivity contribution in [1.82, 2.24) is 4.98 Å². The molecule has 0 saturated heterocycles. The fraction of sp³-hybridized carbons (Fsp3) is 0.231. The number of anilines is 2. The van der Waals surface area contributed by atoms with Crippen LogP contribution in [0.4, 0.5) is 11.4 Å². The second-order valence-electron chi connectivity index (χ2n) is 3.99. The van der Waals surface area contributed by atoms with E-state index in [0.29, 0.717) is 0 Å². The molecule has 1 heterocycles. The van der Waals surface area contributed by atoms with Crippen LogP contribution in [0.1, 0.15) is 17.5 Å². The Bertz CT molecular complexity index is 537. The summed E-state index contributed by atoms with van der Waals surface area (Å²) in [5, 5.41) is 9.11. The SMILES string of the molecule is CC(=O)Nc1ccc(NCc2nccs2)cc1C. The molecule has 1 aromatic carbocycles. The minimum atomic E-state index is -0.0541. The second kappa shape index (κ2) is 5.64. The molecule has 1 amide bonds. The zero-order valence-corrected chi connectivity index (χ0v) is 11.2. The monoisotopic (exact) mass is 261 g/mol. The molecule has 2 aromatic rings. The standard InChI is InChI=1S/C13H15N3OS/c1-9-7-11(3-4-12(9)16-10(2)17)15-8-13-14-5-6-18-13/h3-7,15H,8H2,1-2H3,(H,16,17). The Hall–Kier alpha value is -1.88. The number of nitrogens with one attached hydrogen (secondary N) is 2. The summed E-state index contributed by atoms with van der Waals surface area (Å²) >= 11 is 1.63. The van der Waals surface area contributed by atoms with E-state index in [2.05, 4.69) is 15.6 Å². The zero-order valence-electron chi connectivity index (χ0n) is 10.4. The van der Waals surface area contributed by atoms with Crippen LogP contribution in [0.25, 0.3) is 0 Å². The van der Waals surface area contributed by atoms with Crippen molar-refractivity contribution in [3.05, 3.63) is 40.3 Å². The fourth-order valence-corrected chi connectivity index (χ4v) is 2.18. The third-order valence-corrected chi connectivity index (χ3v) is 3.24. The van der Waals surface area contributed by atoms with Gasteiger partial charge in [-0.05, 0) is 30.7 Å². The number of hydrogen-bond donors (Lipinski definition) is 2. The smallest absolute Gasteiger partial charge is 0.221 e. The van der Waals surface area contributed by atoms with E-state index >= 15 is 0 Å². The van der Waals surface area contributed by atoms with Crippen LogP contribution in [0, 0.1) is 6.92 Å². The average Bonchev–Trinajstić information content (AvgIpc) is 2.82. The largest absolute Gasteiger partial charge is 0.379 e. The number of carbonyl (C=O) groups is 1. The van der Waals surface area contributed by atoms with Gasteiger partial charge in [0.15, 0.2) is 0 Å². The van der Waals surface area contributed by atoms with Gasteiger partial charge >= 0.3 is 0 Å². The van der Waals surface area contributed by atoms with Crippen molar-refractivity contribution in [2.75, 3.05) is 10.6 Å². The lowest BCUT2D eigenvalue weighted by Crippen LogP contribution is -2.07. The Kier molecular flexibility index (Phi) is 3.94. The molecule has 0 atom stereocenters. The summed E-state index contributed by atoms with van der Waals surface area (Å²) in [5.41, 5.74) is 2.91. The molecule has 94 valence electrons. The molecule has 2 rings (SSSR count). The molecule has 0 aliphatic carbocycles. The number of nitrogens with zero attached hydrogens (tertiary/aromatic N) is 1. The maximum Gasteiger partial charge on any atom is 0.221 e. The first-order valence-corrected chi connectivity index (χ1v) is 6.53. The van der Waals surface area contributed by atoms with E-state index in [1.54, 1.807) is 17.5 Å². The van der Waals surface area contributed by atoms with E-state index in [1.807, 2.05) is 30.5 Å². The molecule has 0 aliphatic rings. The van der Waals surface area contributed by atoms with E-state index < -0.39 is 0 Å². The summed E-state index contributed by atoms with van der Waals surface area (Å²) in [7, 11) is 0. The quantitative estimate of drug-likeness (QED) is 0.889. The minimum absolute atomic E-state index is 0.0541. The first-order valence-electron chi connectivity index (χ1n) is 5.65. The third-order valence-electron chi connectivity index (χ3n) is 2.46. The van der Waals surface area contributed by atoms with Crippen LogP contribution in [-0.4, -0.2) is 10.9 Å². The van der Waals surface area contributed by atoms with Gasteiger partial charge in [0.1, 0.15) is 5.01 Å². The van der Waals surface area contributed by atoms with Crippen molar-refractivity contribution in [3.63, 3.8) is 0 Å². The van der Waals surface area contributed by atoms with E-state index in [4.69, 9.17) is 0 Å². The lowest BCUT2D eigenvalue weighted by molar-refractivity contribution is -0.114. The minimum Gasteiger partial charge on any atom is -0.379 e. The van der Waals surface area contributed by atoms with Crippen molar-refractivity contribution in [1.29, 1.82) is 0 Å². The molecule has 0 saturated carbocycles. The molecule has 4 nitrogen and oxygen atoms in total. The first-order chi connectivity index (χ1) is 8.65. The highest BCUT2D eigenvalue weighted by molar-refractivity contribution is 7.09. The molecular weight excluding hydrogens is 246 g/mol. The number of carbonyl (C=O) groups excluding carboxylic acids is 1. The topological polar surface area (TPSA) is 54.0 Å². The number of aromatic nitrogens is 1. The highest BCUT2D eigenvalue weighted by Crippen LogP contribution is 2.20. The fourth-order valence-electron chi connectivity index (χ4n) is 1.62. The molecule has 0 bridgehead atoms. The number of amides is 1. The third kappa shape index (κ3) is 3.30. The van der Waals surface area contributed by atoms with Crippen LogP contribution in [0.3, 0.4) is 0 Å². The molecule has 0 spiro atoms. The van der Waals surface area contributed by atoms with Crippen LogP contribution in [0.5, 0.6) is 0 Å². The van der Waals surface area contributed by atoms with Gasteiger partial charge in [-0.2, -0.15) is 0 Å². The van der Waals surface area contributed by atoms with Crippen LogP contribution < -0.4 is 10.6 Å². The number of thiazole rings is 1. The molecular formula is C13H15N3OS. The molecule has 5 heteroatoms.